The molecular formula is C15H20N4. The Balaban J connectivity index is 1.72. The van der Waals surface area contributed by atoms with Gasteiger partial charge in [-0.05, 0) is 43.9 Å². The molecular weight excluding hydrogens is 236 g/mol. The van der Waals surface area contributed by atoms with Crippen molar-refractivity contribution in [3.05, 3.63) is 36.9 Å². The first-order valence-electron chi connectivity index (χ1n) is 7.04. The molecule has 4 nitrogen and oxygen atoms in total. The zero-order valence-electron chi connectivity index (χ0n) is 11.3. The minimum absolute atomic E-state index is 0.540. The number of nitrogens with one attached hydrogen (secondary N) is 1. The lowest BCUT2D eigenvalue weighted by Crippen LogP contribution is -2.23. The molecule has 100 valence electrons. The first kappa shape index (κ1) is 12.2. The molecule has 1 N–H and O–H groups in total. The summed E-state index contributed by atoms with van der Waals surface area (Å²) < 4.78 is 1.92. The molecule has 1 heterocycles. The van der Waals surface area contributed by atoms with Gasteiger partial charge in [0.05, 0.1) is 5.69 Å². The Kier molecular flexibility index (Phi) is 3.49. The van der Waals surface area contributed by atoms with Gasteiger partial charge in [0.2, 0.25) is 0 Å². The van der Waals surface area contributed by atoms with Gasteiger partial charge in [0.25, 0.3) is 0 Å². The Morgan fingerprint density at radius 1 is 1.21 bits per heavy atom. The molecule has 1 aliphatic carbocycles. The highest BCUT2D eigenvalue weighted by Crippen LogP contribution is 2.29. The largest absolute Gasteiger partial charge is 0.382 e. The fourth-order valence-corrected chi connectivity index (χ4v) is 2.93. The molecule has 19 heavy (non-hydrogen) atoms. The number of hydrogen-bond donors (Lipinski definition) is 1. The zero-order chi connectivity index (χ0) is 13.1. The second kappa shape index (κ2) is 5.43. The number of hydrogen-bond acceptors (Lipinski definition) is 3. The molecule has 1 saturated carbocycles. The van der Waals surface area contributed by atoms with Crippen LogP contribution in [-0.2, 0) is 0 Å². The van der Waals surface area contributed by atoms with Gasteiger partial charge < -0.3 is 5.32 Å². The predicted molar refractivity (Wildman–Crippen MR) is 76.4 cm³/mol. The van der Waals surface area contributed by atoms with Gasteiger partial charge in [0.15, 0.2) is 0 Å². The predicted octanol–water partition coefficient (Wildman–Crippen LogP) is 3.26. The van der Waals surface area contributed by atoms with Gasteiger partial charge in [0, 0.05) is 11.7 Å². The van der Waals surface area contributed by atoms with Crippen LogP contribution in [0, 0.1) is 5.92 Å². The summed E-state index contributed by atoms with van der Waals surface area (Å²) in [5.74, 6) is 0.818. The lowest BCUT2D eigenvalue weighted by atomic mass is 9.99. The van der Waals surface area contributed by atoms with E-state index in [0.717, 1.165) is 11.6 Å². The SMILES string of the molecule is CC(Nc1cccc(-n2cnnc2)c1)C1CCCC1. The molecule has 0 saturated heterocycles. The summed E-state index contributed by atoms with van der Waals surface area (Å²) >= 11 is 0. The minimum Gasteiger partial charge on any atom is -0.382 e. The van der Waals surface area contributed by atoms with Crippen LogP contribution in [0.4, 0.5) is 5.69 Å². The molecule has 1 aromatic heterocycles. The van der Waals surface area contributed by atoms with Crippen molar-refractivity contribution in [1.82, 2.24) is 14.8 Å². The summed E-state index contributed by atoms with van der Waals surface area (Å²) in [4.78, 5) is 0. The Bertz CT molecular complexity index is 515. The van der Waals surface area contributed by atoms with Crippen LogP contribution in [0.2, 0.25) is 0 Å². The van der Waals surface area contributed by atoms with Crippen molar-refractivity contribution in [2.75, 3.05) is 5.32 Å². The number of anilines is 1. The third kappa shape index (κ3) is 2.78. The monoisotopic (exact) mass is 256 g/mol. The van der Waals surface area contributed by atoms with E-state index in [-0.39, 0.29) is 0 Å². The van der Waals surface area contributed by atoms with E-state index in [1.807, 2.05) is 4.57 Å². The summed E-state index contributed by atoms with van der Waals surface area (Å²) in [7, 11) is 0. The van der Waals surface area contributed by atoms with E-state index in [0.29, 0.717) is 6.04 Å². The van der Waals surface area contributed by atoms with Crippen molar-refractivity contribution in [1.29, 1.82) is 0 Å². The Morgan fingerprint density at radius 2 is 1.95 bits per heavy atom. The molecule has 1 unspecified atom stereocenters. The van der Waals surface area contributed by atoms with Crippen LogP contribution < -0.4 is 5.32 Å². The molecule has 1 aromatic carbocycles. The summed E-state index contributed by atoms with van der Waals surface area (Å²) in [6, 6.07) is 8.95. The van der Waals surface area contributed by atoms with E-state index >= 15 is 0 Å². The Hall–Kier alpha value is -1.84. The number of rotatable bonds is 4. The summed E-state index contributed by atoms with van der Waals surface area (Å²) in [5.41, 5.74) is 2.26. The summed E-state index contributed by atoms with van der Waals surface area (Å²) in [6.07, 6.45) is 8.94. The smallest absolute Gasteiger partial charge is 0.123 e. The maximum Gasteiger partial charge on any atom is 0.123 e. The summed E-state index contributed by atoms with van der Waals surface area (Å²) in [6.45, 7) is 2.29. The van der Waals surface area contributed by atoms with Crippen molar-refractivity contribution >= 4 is 5.69 Å². The molecule has 0 bridgehead atoms. The van der Waals surface area contributed by atoms with Crippen molar-refractivity contribution in [3.63, 3.8) is 0 Å². The quantitative estimate of drug-likeness (QED) is 0.913. The Morgan fingerprint density at radius 3 is 2.68 bits per heavy atom. The fraction of sp³-hybridized carbons (Fsp3) is 0.467. The van der Waals surface area contributed by atoms with Gasteiger partial charge in [0.1, 0.15) is 12.7 Å². The van der Waals surface area contributed by atoms with Crippen molar-refractivity contribution in [2.24, 2.45) is 5.92 Å². The molecule has 1 aliphatic rings. The van der Waals surface area contributed by atoms with E-state index in [2.05, 4.69) is 46.7 Å². The van der Waals surface area contributed by atoms with Crippen molar-refractivity contribution in [2.45, 2.75) is 38.6 Å². The second-order valence-corrected chi connectivity index (χ2v) is 5.40. The molecule has 0 aliphatic heterocycles. The fourth-order valence-electron chi connectivity index (χ4n) is 2.93. The van der Waals surface area contributed by atoms with Gasteiger partial charge in [-0.2, -0.15) is 0 Å². The highest BCUT2D eigenvalue weighted by Gasteiger charge is 2.21. The van der Waals surface area contributed by atoms with Crippen molar-refractivity contribution in [3.8, 4) is 5.69 Å². The van der Waals surface area contributed by atoms with Gasteiger partial charge in [-0.1, -0.05) is 18.9 Å². The van der Waals surface area contributed by atoms with Crippen molar-refractivity contribution < 1.29 is 0 Å². The van der Waals surface area contributed by atoms with Crippen LogP contribution in [0.5, 0.6) is 0 Å². The Labute approximate surface area is 113 Å². The molecule has 2 aromatic rings. The highest BCUT2D eigenvalue weighted by atomic mass is 15.2. The summed E-state index contributed by atoms with van der Waals surface area (Å²) in [5, 5.41) is 11.3. The molecule has 0 spiro atoms. The van der Waals surface area contributed by atoms with Gasteiger partial charge in [-0.25, -0.2) is 0 Å². The molecule has 3 rings (SSSR count). The number of aromatic nitrogens is 3. The molecule has 0 amide bonds. The highest BCUT2D eigenvalue weighted by molar-refractivity contribution is 5.51. The van der Waals surface area contributed by atoms with E-state index in [4.69, 9.17) is 0 Å². The van der Waals surface area contributed by atoms with E-state index in [1.54, 1.807) is 12.7 Å². The lowest BCUT2D eigenvalue weighted by Gasteiger charge is -2.21. The van der Waals surface area contributed by atoms with Crippen LogP contribution in [0.15, 0.2) is 36.9 Å². The maximum atomic E-state index is 3.84. The van der Waals surface area contributed by atoms with Crippen LogP contribution in [0.1, 0.15) is 32.6 Å². The number of nitrogens with zero attached hydrogens (tertiary/aromatic N) is 3. The third-order valence-corrected chi connectivity index (χ3v) is 4.06. The van der Waals surface area contributed by atoms with Crippen LogP contribution >= 0.6 is 0 Å². The topological polar surface area (TPSA) is 42.7 Å². The normalized spacial score (nSPS) is 17.5. The lowest BCUT2D eigenvalue weighted by molar-refractivity contribution is 0.482. The standard InChI is InChI=1S/C15H20N4/c1-12(13-5-2-3-6-13)18-14-7-4-8-15(9-14)19-10-16-17-11-19/h4,7-13,18H,2-3,5-6H2,1H3. The van der Waals surface area contributed by atoms with Gasteiger partial charge >= 0.3 is 0 Å². The van der Waals surface area contributed by atoms with E-state index < -0.39 is 0 Å². The molecule has 4 heteroatoms. The second-order valence-electron chi connectivity index (χ2n) is 5.40. The minimum atomic E-state index is 0.540. The van der Waals surface area contributed by atoms with Crippen LogP contribution in [0.25, 0.3) is 5.69 Å². The van der Waals surface area contributed by atoms with Gasteiger partial charge in [-0.15, -0.1) is 10.2 Å². The first-order chi connectivity index (χ1) is 9.33. The van der Waals surface area contributed by atoms with Gasteiger partial charge in [-0.3, -0.25) is 4.57 Å². The first-order valence-corrected chi connectivity index (χ1v) is 7.04. The molecule has 0 radical (unpaired) electrons. The average Bonchev–Trinajstić information content (AvgIpc) is 3.13. The average molecular weight is 256 g/mol. The van der Waals surface area contributed by atoms with Crippen LogP contribution in [-0.4, -0.2) is 20.8 Å². The third-order valence-electron chi connectivity index (χ3n) is 4.06. The zero-order valence-corrected chi connectivity index (χ0v) is 11.3. The number of benzene rings is 1. The molecule has 1 atom stereocenters. The van der Waals surface area contributed by atoms with E-state index in [9.17, 15) is 0 Å². The van der Waals surface area contributed by atoms with Crippen LogP contribution in [0.3, 0.4) is 0 Å². The molecule has 1 fully saturated rings. The van der Waals surface area contributed by atoms with E-state index in [1.165, 1.54) is 31.4 Å². The maximum absolute atomic E-state index is 3.84.